The topological polar surface area (TPSA) is 60.2 Å². The molecular formula is C18H20FIN4. The van der Waals surface area contributed by atoms with Crippen LogP contribution in [0.15, 0.2) is 53.5 Å². The molecule has 0 aliphatic heterocycles. The fourth-order valence-corrected chi connectivity index (χ4v) is 2.12. The minimum Gasteiger partial charge on any atom is -0.356 e. The predicted molar refractivity (Wildman–Crippen MR) is 105 cm³/mol. The van der Waals surface area contributed by atoms with E-state index in [1.54, 1.807) is 25.2 Å². The van der Waals surface area contributed by atoms with Crippen molar-refractivity contribution in [3.8, 4) is 6.07 Å². The van der Waals surface area contributed by atoms with Gasteiger partial charge in [0.15, 0.2) is 5.96 Å². The molecule has 0 fully saturated rings. The van der Waals surface area contributed by atoms with Gasteiger partial charge in [-0.2, -0.15) is 5.26 Å². The van der Waals surface area contributed by atoms with E-state index in [0.29, 0.717) is 24.6 Å². The number of nitrogens with zero attached hydrogens (tertiary/aromatic N) is 2. The standard InChI is InChI=1S/C18H19FN4.HI/c1-21-18(22-10-9-14-3-2-4-17(19)11-14)23-13-16-7-5-15(12-20)6-8-16;/h2-8,11H,9-10,13H2,1H3,(H2,21,22,23);1H. The second kappa shape index (κ2) is 10.6. The summed E-state index contributed by atoms with van der Waals surface area (Å²) in [6.07, 6.45) is 0.718. The van der Waals surface area contributed by atoms with Gasteiger partial charge in [-0.25, -0.2) is 4.39 Å². The summed E-state index contributed by atoms with van der Waals surface area (Å²) in [4.78, 5) is 4.15. The molecule has 0 radical (unpaired) electrons. The molecule has 0 heterocycles. The van der Waals surface area contributed by atoms with Crippen LogP contribution < -0.4 is 10.6 Å². The van der Waals surface area contributed by atoms with Gasteiger partial charge in [0, 0.05) is 20.1 Å². The summed E-state index contributed by atoms with van der Waals surface area (Å²) in [5, 5.41) is 15.2. The lowest BCUT2D eigenvalue weighted by Crippen LogP contribution is -2.37. The van der Waals surface area contributed by atoms with Gasteiger partial charge in [-0.05, 0) is 41.8 Å². The van der Waals surface area contributed by atoms with Crippen LogP contribution in [0.3, 0.4) is 0 Å². The molecule has 2 N–H and O–H groups in total. The molecule has 0 aliphatic rings. The summed E-state index contributed by atoms with van der Waals surface area (Å²) in [5.41, 5.74) is 2.66. The highest BCUT2D eigenvalue weighted by Crippen LogP contribution is 2.04. The molecule has 0 amide bonds. The highest BCUT2D eigenvalue weighted by Gasteiger charge is 2.00. The van der Waals surface area contributed by atoms with E-state index in [9.17, 15) is 4.39 Å². The average Bonchev–Trinajstić information content (AvgIpc) is 2.58. The number of hydrogen-bond donors (Lipinski definition) is 2. The van der Waals surface area contributed by atoms with Crippen LogP contribution in [0.1, 0.15) is 16.7 Å². The number of nitrogens with one attached hydrogen (secondary N) is 2. The zero-order valence-electron chi connectivity index (χ0n) is 13.4. The quantitative estimate of drug-likeness (QED) is 0.428. The lowest BCUT2D eigenvalue weighted by molar-refractivity contribution is 0.625. The van der Waals surface area contributed by atoms with Crippen LogP contribution in [0.5, 0.6) is 0 Å². The lowest BCUT2D eigenvalue weighted by atomic mass is 10.1. The first kappa shape index (κ1) is 19.9. The number of halogens is 2. The van der Waals surface area contributed by atoms with Crippen molar-refractivity contribution in [2.24, 2.45) is 4.99 Å². The second-order valence-electron chi connectivity index (χ2n) is 5.04. The summed E-state index contributed by atoms with van der Waals surface area (Å²) in [6, 6.07) is 16.1. The van der Waals surface area contributed by atoms with Gasteiger partial charge in [-0.1, -0.05) is 24.3 Å². The van der Waals surface area contributed by atoms with Crippen molar-refractivity contribution in [2.45, 2.75) is 13.0 Å². The molecule has 24 heavy (non-hydrogen) atoms. The Balaban J connectivity index is 0.00000288. The van der Waals surface area contributed by atoms with Gasteiger partial charge in [-0.3, -0.25) is 4.99 Å². The molecule has 0 saturated carbocycles. The number of benzene rings is 2. The maximum absolute atomic E-state index is 13.1. The molecule has 0 spiro atoms. The van der Waals surface area contributed by atoms with Crippen LogP contribution >= 0.6 is 24.0 Å². The molecule has 6 heteroatoms. The lowest BCUT2D eigenvalue weighted by Gasteiger charge is -2.12. The normalized spacial score (nSPS) is 10.5. The number of rotatable bonds is 5. The van der Waals surface area contributed by atoms with E-state index in [4.69, 9.17) is 5.26 Å². The summed E-state index contributed by atoms with van der Waals surface area (Å²) < 4.78 is 13.1. The highest BCUT2D eigenvalue weighted by molar-refractivity contribution is 14.0. The number of hydrogen-bond acceptors (Lipinski definition) is 2. The fourth-order valence-electron chi connectivity index (χ4n) is 2.12. The predicted octanol–water partition coefficient (Wildman–Crippen LogP) is 3.22. The fraction of sp³-hybridized carbons (Fsp3) is 0.222. The van der Waals surface area contributed by atoms with Gasteiger partial charge in [0.05, 0.1) is 11.6 Å². The van der Waals surface area contributed by atoms with Gasteiger partial charge < -0.3 is 10.6 Å². The van der Waals surface area contributed by atoms with E-state index in [1.165, 1.54) is 12.1 Å². The summed E-state index contributed by atoms with van der Waals surface area (Å²) in [6.45, 7) is 1.28. The van der Waals surface area contributed by atoms with Gasteiger partial charge >= 0.3 is 0 Å². The molecule has 0 atom stereocenters. The first-order valence-corrected chi connectivity index (χ1v) is 7.39. The molecule has 126 valence electrons. The maximum atomic E-state index is 13.1. The summed E-state index contributed by atoms with van der Waals surface area (Å²) in [5.74, 6) is 0.469. The van der Waals surface area contributed by atoms with E-state index >= 15 is 0 Å². The van der Waals surface area contributed by atoms with Crippen molar-refractivity contribution < 1.29 is 4.39 Å². The zero-order valence-corrected chi connectivity index (χ0v) is 15.8. The third-order valence-corrected chi connectivity index (χ3v) is 3.36. The summed E-state index contributed by atoms with van der Waals surface area (Å²) in [7, 11) is 1.70. The molecule has 2 aromatic rings. The first-order chi connectivity index (χ1) is 11.2. The van der Waals surface area contributed by atoms with Gasteiger partial charge in [0.2, 0.25) is 0 Å². The highest BCUT2D eigenvalue weighted by atomic mass is 127. The molecule has 0 bridgehead atoms. The molecule has 2 rings (SSSR count). The van der Waals surface area contributed by atoms with Gasteiger partial charge in [0.1, 0.15) is 5.82 Å². The zero-order chi connectivity index (χ0) is 16.5. The van der Waals surface area contributed by atoms with E-state index in [-0.39, 0.29) is 29.8 Å². The molecular weight excluding hydrogens is 418 g/mol. The second-order valence-corrected chi connectivity index (χ2v) is 5.04. The Morgan fingerprint density at radius 1 is 1.12 bits per heavy atom. The Kier molecular flexibility index (Phi) is 8.79. The van der Waals surface area contributed by atoms with Crippen LogP contribution in [0.2, 0.25) is 0 Å². The van der Waals surface area contributed by atoms with Crippen molar-refractivity contribution in [1.82, 2.24) is 10.6 Å². The third kappa shape index (κ3) is 6.54. The van der Waals surface area contributed by atoms with E-state index < -0.39 is 0 Å². The van der Waals surface area contributed by atoms with Crippen molar-refractivity contribution in [2.75, 3.05) is 13.6 Å². The van der Waals surface area contributed by atoms with Gasteiger partial charge in [-0.15, -0.1) is 24.0 Å². The Bertz CT molecular complexity index is 708. The Hall–Kier alpha value is -2.14. The molecule has 0 saturated heterocycles. The Morgan fingerprint density at radius 3 is 2.50 bits per heavy atom. The first-order valence-electron chi connectivity index (χ1n) is 7.39. The maximum Gasteiger partial charge on any atom is 0.191 e. The number of aliphatic imine (C=N–C) groups is 1. The van der Waals surface area contributed by atoms with Crippen LogP contribution in [-0.2, 0) is 13.0 Å². The van der Waals surface area contributed by atoms with E-state index in [0.717, 1.165) is 17.5 Å². The largest absolute Gasteiger partial charge is 0.356 e. The van der Waals surface area contributed by atoms with E-state index in [1.807, 2.05) is 18.2 Å². The molecule has 0 aromatic heterocycles. The van der Waals surface area contributed by atoms with Gasteiger partial charge in [0.25, 0.3) is 0 Å². The van der Waals surface area contributed by atoms with Crippen LogP contribution in [0.25, 0.3) is 0 Å². The molecule has 0 aliphatic carbocycles. The smallest absolute Gasteiger partial charge is 0.191 e. The van der Waals surface area contributed by atoms with Crippen LogP contribution in [-0.4, -0.2) is 19.6 Å². The summed E-state index contributed by atoms with van der Waals surface area (Å²) >= 11 is 0. The van der Waals surface area contributed by atoms with Crippen molar-refractivity contribution in [3.05, 3.63) is 71.0 Å². The minimum absolute atomic E-state index is 0. The van der Waals surface area contributed by atoms with Crippen molar-refractivity contribution in [3.63, 3.8) is 0 Å². The number of guanidine groups is 1. The Morgan fingerprint density at radius 2 is 1.88 bits per heavy atom. The van der Waals surface area contributed by atoms with Crippen LogP contribution in [0, 0.1) is 17.1 Å². The monoisotopic (exact) mass is 438 g/mol. The Labute approximate surface area is 158 Å². The van der Waals surface area contributed by atoms with Crippen LogP contribution in [0.4, 0.5) is 4.39 Å². The molecule has 2 aromatic carbocycles. The number of nitriles is 1. The van der Waals surface area contributed by atoms with E-state index in [2.05, 4.69) is 21.7 Å². The van der Waals surface area contributed by atoms with Crippen molar-refractivity contribution >= 4 is 29.9 Å². The molecule has 0 unspecified atom stereocenters. The average molecular weight is 438 g/mol. The minimum atomic E-state index is -0.217. The SMILES string of the molecule is CN=C(NCCc1cccc(F)c1)NCc1ccc(C#N)cc1.I. The third-order valence-electron chi connectivity index (χ3n) is 3.36. The van der Waals surface area contributed by atoms with Crippen molar-refractivity contribution in [1.29, 1.82) is 5.26 Å². The molecule has 4 nitrogen and oxygen atoms in total.